The summed E-state index contributed by atoms with van der Waals surface area (Å²) in [7, 11) is 0. The van der Waals surface area contributed by atoms with Crippen molar-refractivity contribution in [2.45, 2.75) is 25.8 Å². The van der Waals surface area contributed by atoms with Crippen LogP contribution in [-0.4, -0.2) is 41.5 Å². The van der Waals surface area contributed by atoms with Crippen molar-refractivity contribution in [1.82, 2.24) is 4.90 Å². The summed E-state index contributed by atoms with van der Waals surface area (Å²) in [4.78, 5) is 14.6. The standard InChI is InChI=1S/C15H20BrNO2/c1-11(17-8-2-3-12(9-17)10-18)15(19)13-4-6-14(16)7-5-13/h4-7,11-12,18H,2-3,8-10H2,1H3. The molecule has 4 heteroatoms. The highest BCUT2D eigenvalue weighted by Crippen LogP contribution is 2.20. The van der Waals surface area contributed by atoms with Gasteiger partial charge in [-0.1, -0.05) is 28.1 Å². The topological polar surface area (TPSA) is 40.5 Å². The number of likely N-dealkylation sites (tertiary alicyclic amines) is 1. The van der Waals surface area contributed by atoms with Crippen LogP contribution in [0.2, 0.25) is 0 Å². The van der Waals surface area contributed by atoms with Crippen LogP contribution in [0.5, 0.6) is 0 Å². The van der Waals surface area contributed by atoms with E-state index in [9.17, 15) is 9.90 Å². The minimum absolute atomic E-state index is 0.115. The molecule has 0 aromatic heterocycles. The molecule has 1 aromatic rings. The van der Waals surface area contributed by atoms with Gasteiger partial charge in [-0.2, -0.15) is 0 Å². The summed E-state index contributed by atoms with van der Waals surface area (Å²) in [5.41, 5.74) is 0.752. The van der Waals surface area contributed by atoms with Crippen LogP contribution in [0.15, 0.2) is 28.7 Å². The first-order valence-corrected chi connectivity index (χ1v) is 7.56. The van der Waals surface area contributed by atoms with Crippen molar-refractivity contribution in [2.75, 3.05) is 19.7 Å². The van der Waals surface area contributed by atoms with Crippen molar-refractivity contribution in [1.29, 1.82) is 0 Å². The van der Waals surface area contributed by atoms with E-state index < -0.39 is 0 Å². The Labute approximate surface area is 122 Å². The first-order valence-electron chi connectivity index (χ1n) is 6.76. The monoisotopic (exact) mass is 325 g/mol. The van der Waals surface area contributed by atoms with Crippen LogP contribution in [0.1, 0.15) is 30.1 Å². The van der Waals surface area contributed by atoms with Crippen LogP contribution < -0.4 is 0 Å². The number of hydrogen-bond acceptors (Lipinski definition) is 3. The molecule has 1 aliphatic heterocycles. The van der Waals surface area contributed by atoms with Gasteiger partial charge in [0.05, 0.1) is 6.04 Å². The summed E-state index contributed by atoms with van der Waals surface area (Å²) < 4.78 is 0.982. The lowest BCUT2D eigenvalue weighted by Crippen LogP contribution is -2.45. The molecule has 2 rings (SSSR count). The highest BCUT2D eigenvalue weighted by molar-refractivity contribution is 9.10. The Morgan fingerprint density at radius 2 is 2.16 bits per heavy atom. The van der Waals surface area contributed by atoms with Crippen LogP contribution in [0.4, 0.5) is 0 Å². The molecule has 0 amide bonds. The van der Waals surface area contributed by atoms with E-state index in [4.69, 9.17) is 0 Å². The van der Waals surface area contributed by atoms with Crippen LogP contribution >= 0.6 is 15.9 Å². The van der Waals surface area contributed by atoms with E-state index in [0.717, 1.165) is 36.0 Å². The number of Topliss-reactive ketones (excluding diaryl/α,β-unsaturated/α-hetero) is 1. The van der Waals surface area contributed by atoms with Gasteiger partial charge in [0.1, 0.15) is 0 Å². The molecule has 1 aromatic carbocycles. The maximum absolute atomic E-state index is 12.4. The number of rotatable bonds is 4. The van der Waals surface area contributed by atoms with Crippen molar-refractivity contribution in [3.8, 4) is 0 Å². The fourth-order valence-electron chi connectivity index (χ4n) is 2.62. The number of carbonyl (C=O) groups is 1. The first kappa shape index (κ1) is 14.7. The Morgan fingerprint density at radius 1 is 1.47 bits per heavy atom. The average molecular weight is 326 g/mol. The van der Waals surface area contributed by atoms with Gasteiger partial charge in [-0.25, -0.2) is 0 Å². The number of nitrogens with zero attached hydrogens (tertiary/aromatic N) is 1. The number of ketones is 1. The van der Waals surface area contributed by atoms with E-state index >= 15 is 0 Å². The third kappa shape index (κ3) is 3.65. The molecule has 1 fully saturated rings. The molecule has 19 heavy (non-hydrogen) atoms. The van der Waals surface area contributed by atoms with E-state index in [1.165, 1.54) is 0 Å². The number of benzene rings is 1. The van der Waals surface area contributed by atoms with Gasteiger partial charge in [-0.3, -0.25) is 9.69 Å². The minimum atomic E-state index is -0.115. The molecule has 1 saturated heterocycles. The zero-order chi connectivity index (χ0) is 13.8. The van der Waals surface area contributed by atoms with Crippen molar-refractivity contribution >= 4 is 21.7 Å². The Morgan fingerprint density at radius 3 is 2.79 bits per heavy atom. The Hall–Kier alpha value is -0.710. The molecule has 0 spiro atoms. The number of hydrogen-bond donors (Lipinski definition) is 1. The van der Waals surface area contributed by atoms with Gasteiger partial charge >= 0.3 is 0 Å². The maximum Gasteiger partial charge on any atom is 0.179 e. The van der Waals surface area contributed by atoms with E-state index in [1.54, 1.807) is 0 Å². The predicted molar refractivity (Wildman–Crippen MR) is 79.3 cm³/mol. The molecule has 0 aliphatic carbocycles. The van der Waals surface area contributed by atoms with E-state index in [2.05, 4.69) is 20.8 Å². The third-order valence-corrected chi connectivity index (χ3v) is 4.39. The Bertz CT molecular complexity index is 432. The van der Waals surface area contributed by atoms with Gasteiger partial charge in [0.25, 0.3) is 0 Å². The SMILES string of the molecule is CC(C(=O)c1ccc(Br)cc1)N1CCCC(CO)C1. The molecule has 0 bridgehead atoms. The molecule has 1 aliphatic rings. The zero-order valence-corrected chi connectivity index (χ0v) is 12.8. The second-order valence-corrected chi connectivity index (χ2v) is 6.15. The fourth-order valence-corrected chi connectivity index (χ4v) is 2.88. The lowest BCUT2D eigenvalue weighted by molar-refractivity contribution is 0.0673. The molecule has 2 unspecified atom stereocenters. The lowest BCUT2D eigenvalue weighted by atomic mass is 9.95. The molecule has 104 valence electrons. The van der Waals surface area contributed by atoms with Gasteiger partial charge < -0.3 is 5.11 Å². The van der Waals surface area contributed by atoms with Crippen molar-refractivity contribution in [3.05, 3.63) is 34.3 Å². The third-order valence-electron chi connectivity index (χ3n) is 3.86. The summed E-state index contributed by atoms with van der Waals surface area (Å²) in [6, 6.07) is 7.39. The maximum atomic E-state index is 12.4. The number of aliphatic hydroxyl groups excluding tert-OH is 1. The van der Waals surface area contributed by atoms with Crippen LogP contribution in [0.3, 0.4) is 0 Å². The summed E-state index contributed by atoms with van der Waals surface area (Å²) in [6.07, 6.45) is 2.12. The predicted octanol–water partition coefficient (Wildman–Crippen LogP) is 2.72. The van der Waals surface area contributed by atoms with Crippen molar-refractivity contribution in [3.63, 3.8) is 0 Å². The minimum Gasteiger partial charge on any atom is -0.396 e. The first-order chi connectivity index (χ1) is 9.11. The van der Waals surface area contributed by atoms with Gasteiger partial charge in [0.15, 0.2) is 5.78 Å². The summed E-state index contributed by atoms with van der Waals surface area (Å²) in [5, 5.41) is 9.26. The van der Waals surface area contributed by atoms with Crippen LogP contribution in [0.25, 0.3) is 0 Å². The number of piperidine rings is 1. The molecule has 1 N–H and O–H groups in total. The normalized spacial score (nSPS) is 22.2. The van der Waals surface area contributed by atoms with Crippen molar-refractivity contribution in [2.24, 2.45) is 5.92 Å². The largest absolute Gasteiger partial charge is 0.396 e. The Kier molecular flexibility index (Phi) is 5.13. The molecule has 0 radical (unpaired) electrons. The van der Waals surface area contributed by atoms with Gasteiger partial charge in [-0.05, 0) is 44.4 Å². The highest BCUT2D eigenvalue weighted by atomic mass is 79.9. The van der Waals surface area contributed by atoms with Gasteiger partial charge in [0.2, 0.25) is 0 Å². The second-order valence-electron chi connectivity index (χ2n) is 5.23. The smallest absolute Gasteiger partial charge is 0.179 e. The average Bonchev–Trinajstić information content (AvgIpc) is 2.46. The second kappa shape index (κ2) is 6.64. The zero-order valence-electron chi connectivity index (χ0n) is 11.2. The summed E-state index contributed by atoms with van der Waals surface area (Å²) in [5.74, 6) is 0.472. The van der Waals surface area contributed by atoms with Crippen LogP contribution in [0, 0.1) is 5.92 Å². The quantitative estimate of drug-likeness (QED) is 0.865. The molecule has 3 nitrogen and oxygen atoms in total. The molecule has 1 heterocycles. The fraction of sp³-hybridized carbons (Fsp3) is 0.533. The molecular formula is C15H20BrNO2. The Balaban J connectivity index is 2.04. The number of aliphatic hydroxyl groups is 1. The van der Waals surface area contributed by atoms with E-state index in [-0.39, 0.29) is 18.4 Å². The van der Waals surface area contributed by atoms with Gasteiger partial charge in [-0.15, -0.1) is 0 Å². The summed E-state index contributed by atoms with van der Waals surface area (Å²) >= 11 is 3.38. The molecule has 0 saturated carbocycles. The lowest BCUT2D eigenvalue weighted by Gasteiger charge is -2.35. The van der Waals surface area contributed by atoms with E-state index in [0.29, 0.717) is 5.92 Å². The highest BCUT2D eigenvalue weighted by Gasteiger charge is 2.27. The molecule has 2 atom stereocenters. The van der Waals surface area contributed by atoms with Crippen molar-refractivity contribution < 1.29 is 9.90 Å². The number of carbonyl (C=O) groups excluding carboxylic acids is 1. The summed E-state index contributed by atoms with van der Waals surface area (Å²) in [6.45, 7) is 3.94. The van der Waals surface area contributed by atoms with E-state index in [1.807, 2.05) is 31.2 Å². The van der Waals surface area contributed by atoms with Crippen LogP contribution in [-0.2, 0) is 0 Å². The van der Waals surface area contributed by atoms with Gasteiger partial charge in [0, 0.05) is 23.2 Å². The molecular weight excluding hydrogens is 306 g/mol. The number of halogens is 1.